The van der Waals surface area contributed by atoms with Gasteiger partial charge >= 0.3 is 17.6 Å². The number of ether oxygens (including phenoxy) is 2. The summed E-state index contributed by atoms with van der Waals surface area (Å²) in [6.07, 6.45) is 1.83. The Labute approximate surface area is 190 Å². The number of thiophene rings is 1. The molecule has 9 nitrogen and oxygen atoms in total. The Morgan fingerprint density at radius 3 is 2.55 bits per heavy atom. The summed E-state index contributed by atoms with van der Waals surface area (Å²) in [7, 11) is 0. The van der Waals surface area contributed by atoms with Crippen LogP contribution in [0.5, 0.6) is 0 Å². The molecule has 1 aliphatic carbocycles. The molecule has 0 saturated heterocycles. The number of nitro groups is 1. The highest BCUT2D eigenvalue weighted by atomic mass is 32.1. The van der Waals surface area contributed by atoms with Gasteiger partial charge < -0.3 is 14.8 Å². The Hall–Kier alpha value is -3.41. The topological polar surface area (TPSA) is 125 Å². The molecule has 0 spiro atoms. The number of amides is 1. The highest BCUT2D eigenvalue weighted by Gasteiger charge is 2.30. The zero-order chi connectivity index (χ0) is 24.3. The predicted molar refractivity (Wildman–Crippen MR) is 113 cm³/mol. The van der Waals surface area contributed by atoms with E-state index in [2.05, 4.69) is 5.32 Å². The van der Waals surface area contributed by atoms with Crippen molar-refractivity contribution in [3.05, 3.63) is 55.4 Å². The van der Waals surface area contributed by atoms with Crippen LogP contribution in [0.2, 0.25) is 0 Å². The number of carbonyl (C=O) groups excluding carboxylic acids is 3. The van der Waals surface area contributed by atoms with Crippen LogP contribution in [0, 0.1) is 21.7 Å². The molecule has 0 aliphatic heterocycles. The van der Waals surface area contributed by atoms with Crippen molar-refractivity contribution in [1.29, 1.82) is 0 Å². The summed E-state index contributed by atoms with van der Waals surface area (Å²) in [6, 6.07) is 0.602. The Balaban J connectivity index is 1.79. The summed E-state index contributed by atoms with van der Waals surface area (Å²) in [6.45, 7) is 3.02. The number of esters is 2. The van der Waals surface area contributed by atoms with Gasteiger partial charge in [-0.15, -0.1) is 11.3 Å². The van der Waals surface area contributed by atoms with E-state index in [0.29, 0.717) is 12.5 Å². The second-order valence-electron chi connectivity index (χ2n) is 7.21. The molecule has 0 bridgehead atoms. The molecule has 1 atom stereocenters. The van der Waals surface area contributed by atoms with E-state index in [1.54, 1.807) is 6.92 Å². The number of halogens is 2. The summed E-state index contributed by atoms with van der Waals surface area (Å²) in [5.74, 6) is -5.57. The number of nitro benzene ring substituents is 1. The van der Waals surface area contributed by atoms with Gasteiger partial charge in [0.25, 0.3) is 5.91 Å². The van der Waals surface area contributed by atoms with E-state index in [1.807, 2.05) is 0 Å². The van der Waals surface area contributed by atoms with Gasteiger partial charge in [0.05, 0.1) is 17.1 Å². The van der Waals surface area contributed by atoms with Crippen LogP contribution in [0.15, 0.2) is 12.1 Å². The number of anilines is 1. The first kappa shape index (κ1) is 24.2. The summed E-state index contributed by atoms with van der Waals surface area (Å²) >= 11 is 1.24. The molecule has 12 heteroatoms. The molecule has 176 valence electrons. The second-order valence-corrected chi connectivity index (χ2v) is 8.32. The van der Waals surface area contributed by atoms with Crippen LogP contribution >= 0.6 is 11.3 Å². The van der Waals surface area contributed by atoms with Crippen molar-refractivity contribution < 1.29 is 37.6 Å². The molecule has 0 fully saturated rings. The van der Waals surface area contributed by atoms with Gasteiger partial charge in [0.15, 0.2) is 6.10 Å². The number of aryl methyl sites for hydroxylation is 1. The molecule has 2 aromatic rings. The molecule has 0 radical (unpaired) electrons. The quantitative estimate of drug-likeness (QED) is 0.357. The van der Waals surface area contributed by atoms with Crippen molar-refractivity contribution in [2.45, 2.75) is 45.6 Å². The van der Waals surface area contributed by atoms with E-state index < -0.39 is 51.8 Å². The summed E-state index contributed by atoms with van der Waals surface area (Å²) in [5.41, 5.74) is -0.903. The number of nitrogens with zero attached hydrogens (tertiary/aromatic N) is 1. The number of hydrogen-bond acceptors (Lipinski definition) is 8. The van der Waals surface area contributed by atoms with E-state index in [1.165, 1.54) is 18.3 Å². The average Bonchev–Trinajstić information content (AvgIpc) is 3.11. The molecule has 1 unspecified atom stereocenters. The third kappa shape index (κ3) is 5.16. The summed E-state index contributed by atoms with van der Waals surface area (Å²) in [4.78, 5) is 48.1. The van der Waals surface area contributed by atoms with Gasteiger partial charge in [-0.3, -0.25) is 14.9 Å². The molecule has 1 aromatic heterocycles. The van der Waals surface area contributed by atoms with Gasteiger partial charge in [-0.05, 0) is 45.1 Å². The first-order chi connectivity index (χ1) is 15.6. The highest BCUT2D eigenvalue weighted by molar-refractivity contribution is 7.17. The van der Waals surface area contributed by atoms with Crippen LogP contribution in [-0.2, 0) is 27.1 Å². The van der Waals surface area contributed by atoms with E-state index in [4.69, 9.17) is 9.47 Å². The van der Waals surface area contributed by atoms with Gasteiger partial charge in [-0.1, -0.05) is 0 Å². The van der Waals surface area contributed by atoms with Crippen LogP contribution < -0.4 is 5.32 Å². The molecule has 1 aliphatic rings. The lowest BCUT2D eigenvalue weighted by molar-refractivity contribution is -0.387. The summed E-state index contributed by atoms with van der Waals surface area (Å²) in [5, 5.41) is 13.7. The molecule has 1 amide bonds. The fourth-order valence-corrected chi connectivity index (χ4v) is 4.68. The SMILES string of the molecule is CCOC(=O)c1c(NC(=O)C(C)OC(=O)c2cc([N+](=O)[O-])c(F)cc2F)sc2c1CCCC2. The van der Waals surface area contributed by atoms with Crippen molar-refractivity contribution >= 4 is 39.9 Å². The Bertz CT molecular complexity index is 1130. The van der Waals surface area contributed by atoms with Crippen molar-refractivity contribution in [2.24, 2.45) is 0 Å². The number of rotatable bonds is 7. The van der Waals surface area contributed by atoms with Crippen LogP contribution in [0.4, 0.5) is 19.5 Å². The Morgan fingerprint density at radius 2 is 1.88 bits per heavy atom. The largest absolute Gasteiger partial charge is 0.462 e. The van der Waals surface area contributed by atoms with Crippen LogP contribution in [0.25, 0.3) is 0 Å². The normalized spacial score (nSPS) is 13.6. The smallest absolute Gasteiger partial charge is 0.342 e. The Kier molecular flexibility index (Phi) is 7.36. The minimum atomic E-state index is -1.45. The summed E-state index contributed by atoms with van der Waals surface area (Å²) < 4.78 is 37.5. The lowest BCUT2D eigenvalue weighted by atomic mass is 9.95. The monoisotopic (exact) mass is 482 g/mol. The predicted octanol–water partition coefficient (Wildman–Crippen LogP) is 4.17. The second kappa shape index (κ2) is 10.0. The number of nitrogens with one attached hydrogen (secondary N) is 1. The minimum Gasteiger partial charge on any atom is -0.462 e. The number of fused-ring (bicyclic) bond motifs is 1. The average molecular weight is 482 g/mol. The van der Waals surface area contributed by atoms with E-state index in [-0.39, 0.29) is 23.2 Å². The van der Waals surface area contributed by atoms with Gasteiger partial charge in [-0.25, -0.2) is 14.0 Å². The number of carbonyl (C=O) groups is 3. The fraction of sp³-hybridized carbons (Fsp3) is 0.381. The highest BCUT2D eigenvalue weighted by Crippen LogP contribution is 2.38. The fourth-order valence-electron chi connectivity index (χ4n) is 3.40. The van der Waals surface area contributed by atoms with Crippen molar-refractivity contribution in [1.82, 2.24) is 0 Å². The van der Waals surface area contributed by atoms with Gasteiger partial charge in [0.1, 0.15) is 16.4 Å². The lowest BCUT2D eigenvalue weighted by Gasteiger charge is -2.14. The van der Waals surface area contributed by atoms with Gasteiger partial charge in [0, 0.05) is 17.0 Å². The van der Waals surface area contributed by atoms with E-state index >= 15 is 0 Å². The molecular formula is C21H20F2N2O7S. The molecule has 0 saturated carbocycles. The van der Waals surface area contributed by atoms with Crippen LogP contribution in [-0.4, -0.2) is 35.5 Å². The molecule has 1 aromatic carbocycles. The van der Waals surface area contributed by atoms with Crippen LogP contribution in [0.1, 0.15) is 57.8 Å². The lowest BCUT2D eigenvalue weighted by Crippen LogP contribution is -2.30. The maximum atomic E-state index is 14.0. The molecule has 3 rings (SSSR count). The molecular weight excluding hydrogens is 462 g/mol. The zero-order valence-corrected chi connectivity index (χ0v) is 18.6. The third-order valence-electron chi connectivity index (χ3n) is 4.99. The Morgan fingerprint density at radius 1 is 1.18 bits per heavy atom. The minimum absolute atomic E-state index is 0.153. The number of benzene rings is 1. The van der Waals surface area contributed by atoms with Crippen molar-refractivity contribution in [3.63, 3.8) is 0 Å². The number of hydrogen-bond donors (Lipinski definition) is 1. The maximum Gasteiger partial charge on any atom is 0.342 e. The molecule has 1 heterocycles. The standard InChI is InChI=1S/C21H20F2N2O7S/c1-3-31-21(28)17-11-6-4-5-7-16(11)33-19(17)24-18(26)10(2)32-20(27)12-8-15(25(29)30)14(23)9-13(12)22/h8-10H,3-7H2,1-2H3,(H,24,26). The first-order valence-electron chi connectivity index (χ1n) is 10.1. The third-order valence-corrected chi connectivity index (χ3v) is 6.20. The van der Waals surface area contributed by atoms with Crippen molar-refractivity contribution in [3.8, 4) is 0 Å². The van der Waals surface area contributed by atoms with E-state index in [9.17, 15) is 33.3 Å². The van der Waals surface area contributed by atoms with Crippen LogP contribution in [0.3, 0.4) is 0 Å². The first-order valence-corrected chi connectivity index (χ1v) is 10.9. The molecule has 1 N–H and O–H groups in total. The maximum absolute atomic E-state index is 14.0. The van der Waals surface area contributed by atoms with Gasteiger partial charge in [-0.2, -0.15) is 4.39 Å². The zero-order valence-electron chi connectivity index (χ0n) is 17.7. The van der Waals surface area contributed by atoms with Crippen molar-refractivity contribution in [2.75, 3.05) is 11.9 Å². The van der Waals surface area contributed by atoms with Gasteiger partial charge in [0.2, 0.25) is 5.82 Å². The van der Waals surface area contributed by atoms with E-state index in [0.717, 1.165) is 29.7 Å². The molecule has 33 heavy (non-hydrogen) atoms.